The fourth-order valence-corrected chi connectivity index (χ4v) is 5.19. The molecule has 174 valence electrons. The van der Waals surface area contributed by atoms with Gasteiger partial charge in [-0.15, -0.1) is 0 Å². The number of aryl methyl sites for hydroxylation is 3. The number of fused-ring (bicyclic) bond motifs is 3. The molecule has 8 nitrogen and oxygen atoms in total. The van der Waals surface area contributed by atoms with E-state index in [-0.39, 0.29) is 11.2 Å². The topological polar surface area (TPSA) is 69.5 Å². The Morgan fingerprint density at radius 3 is 2.42 bits per heavy atom. The van der Waals surface area contributed by atoms with Gasteiger partial charge in [-0.25, -0.2) is 4.79 Å². The van der Waals surface area contributed by atoms with Crippen LogP contribution in [-0.2, 0) is 20.0 Å². The number of rotatable bonds is 5. The maximum absolute atomic E-state index is 13.6. The third-order valence-corrected chi connectivity index (χ3v) is 7.22. The highest BCUT2D eigenvalue weighted by atomic mass is 16.2. The van der Waals surface area contributed by atoms with E-state index in [4.69, 9.17) is 4.98 Å². The van der Waals surface area contributed by atoms with Gasteiger partial charge in [0.1, 0.15) is 0 Å². The summed E-state index contributed by atoms with van der Waals surface area (Å²) >= 11 is 0. The van der Waals surface area contributed by atoms with Gasteiger partial charge < -0.3 is 4.90 Å². The smallest absolute Gasteiger partial charge is 0.302 e. The highest BCUT2D eigenvalue weighted by molar-refractivity contribution is 5.77. The molecule has 4 aromatic rings. The highest BCUT2D eigenvalue weighted by Gasteiger charge is 2.24. The van der Waals surface area contributed by atoms with Crippen molar-refractivity contribution in [2.24, 2.45) is 7.05 Å². The van der Waals surface area contributed by atoms with Crippen molar-refractivity contribution in [2.75, 3.05) is 19.6 Å². The van der Waals surface area contributed by atoms with E-state index in [1.165, 1.54) is 34.0 Å². The molecule has 8 heteroatoms. The molecule has 0 N–H and O–H groups in total. The fourth-order valence-electron chi connectivity index (χ4n) is 5.19. The molecule has 3 aromatic heterocycles. The van der Waals surface area contributed by atoms with Crippen molar-refractivity contribution in [1.29, 1.82) is 0 Å². The van der Waals surface area contributed by atoms with Crippen LogP contribution >= 0.6 is 0 Å². The molecule has 4 heterocycles. The first-order chi connectivity index (χ1) is 15.9. The van der Waals surface area contributed by atoms with Crippen molar-refractivity contribution >= 4 is 16.9 Å². The van der Waals surface area contributed by atoms with Gasteiger partial charge in [0.2, 0.25) is 5.78 Å². The third-order valence-electron chi connectivity index (χ3n) is 7.22. The third kappa shape index (κ3) is 3.35. The Morgan fingerprint density at radius 2 is 1.70 bits per heavy atom. The number of hydrogen-bond donors (Lipinski definition) is 0. The molecule has 1 saturated heterocycles. The van der Waals surface area contributed by atoms with Crippen LogP contribution in [0.3, 0.4) is 0 Å². The van der Waals surface area contributed by atoms with E-state index in [0.29, 0.717) is 30.0 Å². The van der Waals surface area contributed by atoms with Crippen molar-refractivity contribution in [2.45, 2.75) is 53.0 Å². The Bertz CT molecular complexity index is 1460. The zero-order valence-corrected chi connectivity index (χ0v) is 20.0. The van der Waals surface area contributed by atoms with Gasteiger partial charge in [0, 0.05) is 31.5 Å². The number of hydrogen-bond acceptors (Lipinski definition) is 4. The van der Waals surface area contributed by atoms with Crippen LogP contribution in [0.25, 0.3) is 22.6 Å². The minimum atomic E-state index is -0.305. The molecule has 5 rings (SSSR count). The van der Waals surface area contributed by atoms with E-state index in [0.717, 1.165) is 36.6 Å². The van der Waals surface area contributed by atoms with Crippen LogP contribution < -0.4 is 11.2 Å². The normalized spacial score (nSPS) is 15.2. The summed E-state index contributed by atoms with van der Waals surface area (Å²) in [6.07, 6.45) is 4.51. The number of benzene rings is 1. The average molecular weight is 449 g/mol. The first kappa shape index (κ1) is 21.7. The van der Waals surface area contributed by atoms with E-state index < -0.39 is 0 Å². The number of nitrogens with zero attached hydrogens (tertiary/aromatic N) is 6. The van der Waals surface area contributed by atoms with Gasteiger partial charge in [-0.2, -0.15) is 4.98 Å². The largest absolute Gasteiger partial charge is 0.332 e. The molecule has 1 aliphatic rings. The average Bonchev–Trinajstić information content (AvgIpc) is 3.33. The molecule has 1 aliphatic heterocycles. The predicted octanol–water partition coefficient (Wildman–Crippen LogP) is 2.80. The Balaban J connectivity index is 1.72. The molecule has 0 saturated carbocycles. The van der Waals surface area contributed by atoms with Gasteiger partial charge in [-0.1, -0.05) is 31.5 Å². The van der Waals surface area contributed by atoms with Crippen LogP contribution in [-0.4, -0.2) is 47.6 Å². The van der Waals surface area contributed by atoms with Crippen LogP contribution in [0.1, 0.15) is 43.1 Å². The molecule has 1 fully saturated rings. The second-order valence-electron chi connectivity index (χ2n) is 9.11. The van der Waals surface area contributed by atoms with Gasteiger partial charge >= 0.3 is 5.69 Å². The summed E-state index contributed by atoms with van der Waals surface area (Å²) in [5.41, 5.74) is 4.59. The first-order valence-electron chi connectivity index (χ1n) is 11.9. The number of imidazole rings is 2. The Hall–Kier alpha value is -3.13. The van der Waals surface area contributed by atoms with Gasteiger partial charge in [0.15, 0.2) is 11.2 Å². The lowest BCUT2D eigenvalue weighted by molar-refractivity contribution is 0.218. The van der Waals surface area contributed by atoms with E-state index in [1.807, 2.05) is 23.5 Å². The zero-order chi connectivity index (χ0) is 23.3. The Morgan fingerprint density at radius 1 is 0.970 bits per heavy atom. The lowest BCUT2D eigenvalue weighted by Gasteiger charge is -2.26. The van der Waals surface area contributed by atoms with E-state index in [1.54, 1.807) is 7.05 Å². The Kier molecular flexibility index (Phi) is 5.48. The van der Waals surface area contributed by atoms with Crippen molar-refractivity contribution in [3.8, 4) is 5.69 Å². The van der Waals surface area contributed by atoms with Gasteiger partial charge in [-0.3, -0.25) is 22.9 Å². The maximum Gasteiger partial charge on any atom is 0.332 e. The summed E-state index contributed by atoms with van der Waals surface area (Å²) in [7, 11) is 1.71. The van der Waals surface area contributed by atoms with Crippen LogP contribution in [0.5, 0.6) is 0 Å². The second-order valence-corrected chi connectivity index (χ2v) is 9.11. The summed E-state index contributed by atoms with van der Waals surface area (Å²) in [5, 5.41) is 0. The minimum absolute atomic E-state index is 0.262. The lowest BCUT2D eigenvalue weighted by Crippen LogP contribution is -2.43. The number of para-hydroxylation sites is 1. The number of likely N-dealkylation sites (tertiary alicyclic amines) is 1. The summed E-state index contributed by atoms with van der Waals surface area (Å²) in [6.45, 7) is 9.38. The minimum Gasteiger partial charge on any atom is -0.302 e. The predicted molar refractivity (Wildman–Crippen MR) is 131 cm³/mol. The molecule has 0 bridgehead atoms. The lowest BCUT2D eigenvalue weighted by atomic mass is 10.1. The number of piperidine rings is 1. The van der Waals surface area contributed by atoms with Crippen molar-refractivity contribution < 1.29 is 0 Å². The molecule has 0 radical (unpaired) electrons. The van der Waals surface area contributed by atoms with E-state index in [2.05, 4.69) is 35.4 Å². The molecular formula is C25H32N6O2. The summed E-state index contributed by atoms with van der Waals surface area (Å²) in [6, 6.07) is 8.26. The maximum atomic E-state index is 13.6. The first-order valence-corrected chi connectivity index (χ1v) is 11.9. The molecule has 0 spiro atoms. The van der Waals surface area contributed by atoms with Crippen LogP contribution in [0.2, 0.25) is 0 Å². The molecule has 0 amide bonds. The Labute approximate surface area is 192 Å². The molecule has 0 atom stereocenters. The summed E-state index contributed by atoms with van der Waals surface area (Å²) < 4.78 is 6.94. The van der Waals surface area contributed by atoms with Crippen LogP contribution in [0.4, 0.5) is 0 Å². The van der Waals surface area contributed by atoms with E-state index >= 15 is 0 Å². The van der Waals surface area contributed by atoms with Crippen molar-refractivity contribution in [3.63, 3.8) is 0 Å². The number of aromatic nitrogens is 5. The van der Waals surface area contributed by atoms with E-state index in [9.17, 15) is 9.59 Å². The van der Waals surface area contributed by atoms with Crippen molar-refractivity contribution in [1.82, 2.24) is 28.0 Å². The second kappa shape index (κ2) is 8.33. The summed E-state index contributed by atoms with van der Waals surface area (Å²) in [4.78, 5) is 33.9. The van der Waals surface area contributed by atoms with Crippen molar-refractivity contribution in [3.05, 3.63) is 62.1 Å². The molecule has 1 aromatic carbocycles. The quantitative estimate of drug-likeness (QED) is 0.471. The summed E-state index contributed by atoms with van der Waals surface area (Å²) in [5.74, 6) is 0.668. The molecule has 33 heavy (non-hydrogen) atoms. The van der Waals surface area contributed by atoms with Gasteiger partial charge in [0.25, 0.3) is 5.56 Å². The highest BCUT2D eigenvalue weighted by Crippen LogP contribution is 2.26. The standard InChI is InChI=1S/C25H32N6O2/c1-5-19-11-7-8-12-20(19)30-17(2)18(3)31-21-22(26-24(30)31)27(4)25(33)29(23(21)32)16-15-28-13-9-6-10-14-28/h7-8,11-12H,5-6,9-10,13-16H2,1-4H3. The SMILES string of the molecule is CCc1ccccc1-n1c(C)c(C)n2c3c(=O)n(CCN4CCCCC4)c(=O)n(C)c3nc12. The fraction of sp³-hybridized carbons (Fsp3) is 0.480. The van der Waals surface area contributed by atoms with Crippen LogP contribution in [0, 0.1) is 13.8 Å². The monoisotopic (exact) mass is 448 g/mol. The van der Waals surface area contributed by atoms with Gasteiger partial charge in [-0.05, 0) is 57.8 Å². The molecular weight excluding hydrogens is 416 g/mol. The van der Waals surface area contributed by atoms with Gasteiger partial charge in [0.05, 0.1) is 5.69 Å². The zero-order valence-electron chi connectivity index (χ0n) is 20.0. The molecule has 0 aliphatic carbocycles. The van der Waals surface area contributed by atoms with Crippen LogP contribution in [0.15, 0.2) is 33.9 Å². The molecule has 0 unspecified atom stereocenters.